The lowest BCUT2D eigenvalue weighted by Gasteiger charge is -2.38. The monoisotopic (exact) mass is 328 g/mol. The largest absolute Gasteiger partial charge is 0.375 e. The number of piperidine rings is 1. The number of hydrogen-bond donors (Lipinski definition) is 2. The van der Waals surface area contributed by atoms with Gasteiger partial charge in [-0.05, 0) is 37.3 Å². The van der Waals surface area contributed by atoms with Crippen LogP contribution in [0.25, 0.3) is 0 Å². The number of fused-ring (bicyclic) bond motifs is 1. The van der Waals surface area contributed by atoms with Gasteiger partial charge in [-0.1, -0.05) is 49.6 Å². The first-order valence-corrected chi connectivity index (χ1v) is 9.38. The quantitative estimate of drug-likeness (QED) is 0.890. The summed E-state index contributed by atoms with van der Waals surface area (Å²) in [5, 5.41) is 14.7. The highest BCUT2D eigenvalue weighted by Crippen LogP contribution is 2.46. The van der Waals surface area contributed by atoms with E-state index in [9.17, 15) is 9.90 Å². The summed E-state index contributed by atoms with van der Waals surface area (Å²) in [6, 6.07) is 9.82. The third kappa shape index (κ3) is 2.66. The van der Waals surface area contributed by atoms with Crippen LogP contribution in [-0.2, 0) is 10.4 Å². The lowest BCUT2D eigenvalue weighted by Crippen LogP contribution is -2.51. The molecule has 3 atom stereocenters. The van der Waals surface area contributed by atoms with Crippen molar-refractivity contribution in [1.29, 1.82) is 0 Å². The van der Waals surface area contributed by atoms with Gasteiger partial charge in [0.2, 0.25) is 0 Å². The Morgan fingerprint density at radius 3 is 2.38 bits per heavy atom. The maximum absolute atomic E-state index is 13.2. The van der Waals surface area contributed by atoms with Gasteiger partial charge in [0.1, 0.15) is 0 Å². The first kappa shape index (κ1) is 16.1. The lowest BCUT2D eigenvalue weighted by molar-refractivity contribution is -0.149. The number of hydrogen-bond acceptors (Lipinski definition) is 3. The van der Waals surface area contributed by atoms with Crippen molar-refractivity contribution in [2.45, 2.75) is 43.7 Å². The van der Waals surface area contributed by atoms with Gasteiger partial charge in [-0.2, -0.15) is 0 Å². The zero-order valence-electron chi connectivity index (χ0n) is 14.4. The maximum atomic E-state index is 13.2. The van der Waals surface area contributed by atoms with E-state index in [4.69, 9.17) is 0 Å². The summed E-state index contributed by atoms with van der Waals surface area (Å²) >= 11 is 0. The molecule has 2 aliphatic carbocycles. The predicted octanol–water partition coefficient (Wildman–Crippen LogP) is 2.13. The minimum absolute atomic E-state index is 0.0231. The average Bonchev–Trinajstić information content (AvgIpc) is 3.07. The zero-order chi connectivity index (χ0) is 16.7. The van der Waals surface area contributed by atoms with E-state index < -0.39 is 5.60 Å². The number of rotatable bonds is 4. The topological polar surface area (TPSA) is 52.6 Å². The second-order valence-electron chi connectivity index (χ2n) is 8.02. The fourth-order valence-electron chi connectivity index (χ4n) is 4.98. The average molecular weight is 328 g/mol. The number of amides is 1. The maximum Gasteiger partial charge on any atom is 0.257 e. The van der Waals surface area contributed by atoms with Gasteiger partial charge in [0.25, 0.3) is 5.91 Å². The molecule has 0 bridgehead atoms. The molecule has 1 aromatic rings. The summed E-state index contributed by atoms with van der Waals surface area (Å²) in [7, 11) is 2.13. The van der Waals surface area contributed by atoms with Crippen LogP contribution >= 0.6 is 0 Å². The summed E-state index contributed by atoms with van der Waals surface area (Å²) in [5.41, 5.74) is -0.637. The third-order valence-corrected chi connectivity index (χ3v) is 6.43. The minimum Gasteiger partial charge on any atom is -0.375 e. The molecule has 2 saturated carbocycles. The van der Waals surface area contributed by atoms with Crippen molar-refractivity contribution in [3.63, 3.8) is 0 Å². The molecule has 3 unspecified atom stereocenters. The molecule has 0 aromatic heterocycles. The summed E-state index contributed by atoms with van der Waals surface area (Å²) in [6.45, 7) is 2.12. The Morgan fingerprint density at radius 1 is 1.12 bits per heavy atom. The molecule has 1 amide bonds. The number of aliphatic hydroxyl groups is 1. The highest BCUT2D eigenvalue weighted by Gasteiger charge is 2.57. The van der Waals surface area contributed by atoms with Crippen LogP contribution in [-0.4, -0.2) is 42.1 Å². The Morgan fingerprint density at radius 2 is 1.75 bits per heavy atom. The van der Waals surface area contributed by atoms with E-state index >= 15 is 0 Å². The van der Waals surface area contributed by atoms with Crippen molar-refractivity contribution in [2.75, 3.05) is 20.1 Å². The Hall–Kier alpha value is -1.39. The SMILES string of the molecule is CN1CC2C(C1)C2NC(=O)C(O)(c1ccccc1)C1CCCCC1. The zero-order valence-corrected chi connectivity index (χ0v) is 14.4. The van der Waals surface area contributed by atoms with Gasteiger partial charge in [-0.15, -0.1) is 0 Å². The van der Waals surface area contributed by atoms with E-state index in [0.29, 0.717) is 11.8 Å². The van der Waals surface area contributed by atoms with Gasteiger partial charge < -0.3 is 15.3 Å². The molecule has 1 aliphatic heterocycles. The van der Waals surface area contributed by atoms with Crippen LogP contribution in [0.4, 0.5) is 0 Å². The number of likely N-dealkylation sites (tertiary alicyclic amines) is 1. The Bertz CT molecular complexity index is 587. The summed E-state index contributed by atoms with van der Waals surface area (Å²) < 4.78 is 0. The Kier molecular flexibility index (Phi) is 4.13. The molecule has 3 fully saturated rings. The van der Waals surface area contributed by atoms with Gasteiger partial charge in [-0.25, -0.2) is 0 Å². The summed E-state index contributed by atoms with van der Waals surface area (Å²) in [5.74, 6) is 0.994. The molecular weight excluding hydrogens is 300 g/mol. The second-order valence-corrected chi connectivity index (χ2v) is 8.02. The van der Waals surface area contributed by atoms with E-state index in [2.05, 4.69) is 17.3 Å². The summed E-state index contributed by atoms with van der Waals surface area (Å²) in [4.78, 5) is 15.5. The fraction of sp³-hybridized carbons (Fsp3) is 0.650. The number of carbonyl (C=O) groups excluding carboxylic acids is 1. The predicted molar refractivity (Wildman–Crippen MR) is 93.3 cm³/mol. The standard InChI is InChI=1S/C20H28N2O2/c1-22-12-16-17(13-22)18(16)21-19(23)20(24,14-8-4-2-5-9-14)15-10-6-3-7-11-15/h2,4-5,8-9,15-18,24H,3,6-7,10-13H2,1H3,(H,21,23). The second kappa shape index (κ2) is 6.16. The van der Waals surface area contributed by atoms with Crippen LogP contribution in [0.3, 0.4) is 0 Å². The van der Waals surface area contributed by atoms with E-state index in [-0.39, 0.29) is 17.9 Å². The molecule has 130 valence electrons. The first-order chi connectivity index (χ1) is 11.6. The number of nitrogens with zero attached hydrogens (tertiary/aromatic N) is 1. The Balaban J connectivity index is 1.55. The molecule has 3 aliphatic rings. The van der Waals surface area contributed by atoms with Crippen molar-refractivity contribution in [3.8, 4) is 0 Å². The molecule has 24 heavy (non-hydrogen) atoms. The molecule has 4 heteroatoms. The van der Waals surface area contributed by atoms with Gasteiger partial charge >= 0.3 is 0 Å². The van der Waals surface area contributed by atoms with E-state index in [1.54, 1.807) is 0 Å². The highest BCUT2D eigenvalue weighted by molar-refractivity contribution is 5.87. The van der Waals surface area contributed by atoms with Crippen LogP contribution in [0.2, 0.25) is 0 Å². The van der Waals surface area contributed by atoms with Crippen molar-refractivity contribution < 1.29 is 9.90 Å². The molecule has 4 nitrogen and oxygen atoms in total. The van der Waals surface area contributed by atoms with Crippen LogP contribution in [0.5, 0.6) is 0 Å². The van der Waals surface area contributed by atoms with Gasteiger partial charge in [0.05, 0.1) is 0 Å². The summed E-state index contributed by atoms with van der Waals surface area (Å²) in [6.07, 6.45) is 5.28. The molecule has 1 aromatic carbocycles. The van der Waals surface area contributed by atoms with Gasteiger partial charge in [0.15, 0.2) is 5.60 Å². The molecule has 0 spiro atoms. The van der Waals surface area contributed by atoms with Crippen molar-refractivity contribution >= 4 is 5.91 Å². The number of nitrogens with one attached hydrogen (secondary N) is 1. The highest BCUT2D eigenvalue weighted by atomic mass is 16.3. The third-order valence-electron chi connectivity index (χ3n) is 6.43. The molecule has 4 rings (SSSR count). The Labute approximate surface area is 144 Å². The normalized spacial score (nSPS) is 32.8. The first-order valence-electron chi connectivity index (χ1n) is 9.38. The molecule has 2 N–H and O–H groups in total. The molecule has 1 heterocycles. The minimum atomic E-state index is -1.38. The van der Waals surface area contributed by atoms with Crippen molar-refractivity contribution in [3.05, 3.63) is 35.9 Å². The number of carbonyl (C=O) groups is 1. The van der Waals surface area contributed by atoms with Crippen molar-refractivity contribution in [1.82, 2.24) is 10.2 Å². The number of benzene rings is 1. The fourth-order valence-corrected chi connectivity index (χ4v) is 4.98. The molecular formula is C20H28N2O2. The van der Waals surface area contributed by atoms with E-state index in [1.165, 1.54) is 6.42 Å². The van der Waals surface area contributed by atoms with Crippen LogP contribution in [0.1, 0.15) is 37.7 Å². The van der Waals surface area contributed by atoms with E-state index in [1.807, 2.05) is 30.3 Å². The van der Waals surface area contributed by atoms with Crippen LogP contribution in [0.15, 0.2) is 30.3 Å². The lowest BCUT2D eigenvalue weighted by atomic mass is 9.73. The van der Waals surface area contributed by atoms with Crippen molar-refractivity contribution in [2.24, 2.45) is 17.8 Å². The van der Waals surface area contributed by atoms with Crippen LogP contribution in [0, 0.1) is 17.8 Å². The van der Waals surface area contributed by atoms with Gasteiger partial charge in [0, 0.05) is 25.0 Å². The smallest absolute Gasteiger partial charge is 0.257 e. The molecule has 1 saturated heterocycles. The van der Waals surface area contributed by atoms with Crippen LogP contribution < -0.4 is 5.32 Å². The molecule has 0 radical (unpaired) electrons. The van der Waals surface area contributed by atoms with Gasteiger partial charge in [-0.3, -0.25) is 4.79 Å². The van der Waals surface area contributed by atoms with E-state index in [0.717, 1.165) is 44.3 Å².